The van der Waals surface area contributed by atoms with Crippen LogP contribution >= 0.6 is 0 Å². The quantitative estimate of drug-likeness (QED) is 0.793. The summed E-state index contributed by atoms with van der Waals surface area (Å²) in [7, 11) is 0. The molecule has 0 spiro atoms. The molecular formula is C12H18N2O. The van der Waals surface area contributed by atoms with Gasteiger partial charge in [0.2, 0.25) is 0 Å². The van der Waals surface area contributed by atoms with Gasteiger partial charge in [-0.25, -0.2) is 0 Å². The first-order chi connectivity index (χ1) is 7.15. The third-order valence-corrected chi connectivity index (χ3v) is 1.95. The SMILES string of the molecule is CCNC(=O)c1ccccc1NC(C)C. The molecule has 0 saturated carbocycles. The summed E-state index contributed by atoms with van der Waals surface area (Å²) in [5, 5.41) is 6.05. The summed E-state index contributed by atoms with van der Waals surface area (Å²) in [6.45, 7) is 6.66. The highest BCUT2D eigenvalue weighted by molar-refractivity contribution is 5.99. The number of rotatable bonds is 4. The van der Waals surface area contributed by atoms with Crippen LogP contribution in [0, 0.1) is 0 Å². The molecule has 3 heteroatoms. The first-order valence-electron chi connectivity index (χ1n) is 5.29. The zero-order chi connectivity index (χ0) is 11.3. The Bertz CT molecular complexity index is 334. The summed E-state index contributed by atoms with van der Waals surface area (Å²) >= 11 is 0. The average Bonchev–Trinajstić information content (AvgIpc) is 2.18. The van der Waals surface area contributed by atoms with Crippen molar-refractivity contribution in [3.05, 3.63) is 29.8 Å². The van der Waals surface area contributed by atoms with Crippen LogP contribution < -0.4 is 10.6 Å². The minimum absolute atomic E-state index is 0.0266. The van der Waals surface area contributed by atoms with E-state index >= 15 is 0 Å². The molecule has 0 aliphatic carbocycles. The molecule has 0 bridgehead atoms. The number of benzene rings is 1. The highest BCUT2D eigenvalue weighted by Gasteiger charge is 2.09. The third kappa shape index (κ3) is 3.27. The van der Waals surface area contributed by atoms with Gasteiger partial charge in [-0.2, -0.15) is 0 Å². The van der Waals surface area contributed by atoms with Crippen LogP contribution in [-0.2, 0) is 0 Å². The van der Waals surface area contributed by atoms with Gasteiger partial charge in [-0.1, -0.05) is 12.1 Å². The van der Waals surface area contributed by atoms with E-state index in [0.717, 1.165) is 5.69 Å². The second-order valence-electron chi connectivity index (χ2n) is 3.70. The Morgan fingerprint density at radius 2 is 2.00 bits per heavy atom. The fourth-order valence-corrected chi connectivity index (χ4v) is 1.37. The molecule has 1 aromatic carbocycles. The highest BCUT2D eigenvalue weighted by atomic mass is 16.1. The van der Waals surface area contributed by atoms with E-state index < -0.39 is 0 Å². The average molecular weight is 206 g/mol. The van der Waals surface area contributed by atoms with E-state index in [2.05, 4.69) is 24.5 Å². The van der Waals surface area contributed by atoms with E-state index in [1.54, 1.807) is 0 Å². The van der Waals surface area contributed by atoms with E-state index in [0.29, 0.717) is 18.2 Å². The maximum atomic E-state index is 11.7. The summed E-state index contributed by atoms with van der Waals surface area (Å²) in [4.78, 5) is 11.7. The molecule has 3 nitrogen and oxygen atoms in total. The lowest BCUT2D eigenvalue weighted by Crippen LogP contribution is -2.24. The molecule has 15 heavy (non-hydrogen) atoms. The number of hydrogen-bond acceptors (Lipinski definition) is 2. The van der Waals surface area contributed by atoms with Gasteiger partial charge in [0, 0.05) is 18.3 Å². The van der Waals surface area contributed by atoms with Crippen molar-refractivity contribution in [1.29, 1.82) is 0 Å². The largest absolute Gasteiger partial charge is 0.382 e. The Morgan fingerprint density at radius 1 is 1.33 bits per heavy atom. The number of nitrogens with one attached hydrogen (secondary N) is 2. The molecule has 0 aromatic heterocycles. The van der Waals surface area contributed by atoms with E-state index in [1.807, 2.05) is 31.2 Å². The van der Waals surface area contributed by atoms with E-state index in [4.69, 9.17) is 0 Å². The van der Waals surface area contributed by atoms with Gasteiger partial charge < -0.3 is 10.6 Å². The van der Waals surface area contributed by atoms with Crippen molar-refractivity contribution in [2.24, 2.45) is 0 Å². The minimum atomic E-state index is -0.0266. The number of carbonyl (C=O) groups is 1. The zero-order valence-electron chi connectivity index (χ0n) is 9.50. The van der Waals surface area contributed by atoms with Gasteiger partial charge >= 0.3 is 0 Å². The molecular weight excluding hydrogens is 188 g/mol. The molecule has 82 valence electrons. The van der Waals surface area contributed by atoms with Crippen LogP contribution in [0.5, 0.6) is 0 Å². The van der Waals surface area contributed by atoms with Gasteiger partial charge in [0.25, 0.3) is 5.91 Å². The molecule has 0 heterocycles. The molecule has 1 aromatic rings. The van der Waals surface area contributed by atoms with Crippen LogP contribution in [0.25, 0.3) is 0 Å². The number of anilines is 1. The Hall–Kier alpha value is -1.51. The van der Waals surface area contributed by atoms with Crippen molar-refractivity contribution in [1.82, 2.24) is 5.32 Å². The summed E-state index contributed by atoms with van der Waals surface area (Å²) in [5.41, 5.74) is 1.59. The van der Waals surface area contributed by atoms with E-state index in [9.17, 15) is 4.79 Å². The first kappa shape index (κ1) is 11.6. The van der Waals surface area contributed by atoms with Crippen molar-refractivity contribution in [3.8, 4) is 0 Å². The van der Waals surface area contributed by atoms with Gasteiger partial charge in [-0.3, -0.25) is 4.79 Å². The monoisotopic (exact) mass is 206 g/mol. The number of para-hydroxylation sites is 1. The summed E-state index contributed by atoms with van der Waals surface area (Å²) in [6, 6.07) is 7.87. The van der Waals surface area contributed by atoms with Gasteiger partial charge in [0.1, 0.15) is 0 Å². The van der Waals surface area contributed by atoms with Gasteiger partial charge in [-0.05, 0) is 32.9 Å². The lowest BCUT2D eigenvalue weighted by atomic mass is 10.1. The number of carbonyl (C=O) groups excluding carboxylic acids is 1. The molecule has 0 atom stereocenters. The topological polar surface area (TPSA) is 41.1 Å². The predicted octanol–water partition coefficient (Wildman–Crippen LogP) is 2.26. The van der Waals surface area contributed by atoms with Crippen LogP contribution in [0.2, 0.25) is 0 Å². The maximum Gasteiger partial charge on any atom is 0.253 e. The molecule has 1 amide bonds. The standard InChI is InChI=1S/C12H18N2O/c1-4-13-12(15)10-7-5-6-8-11(10)14-9(2)3/h5-9,14H,4H2,1-3H3,(H,13,15). The van der Waals surface area contributed by atoms with Crippen molar-refractivity contribution in [2.45, 2.75) is 26.8 Å². The molecule has 2 N–H and O–H groups in total. The van der Waals surface area contributed by atoms with Crippen molar-refractivity contribution >= 4 is 11.6 Å². The van der Waals surface area contributed by atoms with Crippen LogP contribution in [-0.4, -0.2) is 18.5 Å². The molecule has 0 saturated heterocycles. The van der Waals surface area contributed by atoms with Gasteiger partial charge in [0.15, 0.2) is 0 Å². The molecule has 0 unspecified atom stereocenters. The van der Waals surface area contributed by atoms with Crippen molar-refractivity contribution in [2.75, 3.05) is 11.9 Å². The van der Waals surface area contributed by atoms with Crippen LogP contribution in [0.15, 0.2) is 24.3 Å². The molecule has 0 aliphatic heterocycles. The normalized spacial score (nSPS) is 10.1. The fraction of sp³-hybridized carbons (Fsp3) is 0.417. The third-order valence-electron chi connectivity index (χ3n) is 1.95. The zero-order valence-corrected chi connectivity index (χ0v) is 9.50. The predicted molar refractivity (Wildman–Crippen MR) is 63.2 cm³/mol. The summed E-state index contributed by atoms with van der Waals surface area (Å²) in [5.74, 6) is -0.0266. The Kier molecular flexibility index (Phi) is 4.16. The van der Waals surface area contributed by atoms with E-state index in [1.165, 1.54) is 0 Å². The lowest BCUT2D eigenvalue weighted by Gasteiger charge is -2.14. The second kappa shape index (κ2) is 5.39. The molecule has 0 radical (unpaired) electrons. The Balaban J connectivity index is 2.90. The fourth-order valence-electron chi connectivity index (χ4n) is 1.37. The maximum absolute atomic E-state index is 11.7. The lowest BCUT2D eigenvalue weighted by molar-refractivity contribution is 0.0956. The number of amides is 1. The molecule has 0 aliphatic rings. The van der Waals surface area contributed by atoms with Crippen LogP contribution in [0.3, 0.4) is 0 Å². The van der Waals surface area contributed by atoms with Crippen LogP contribution in [0.4, 0.5) is 5.69 Å². The Labute approximate surface area is 90.9 Å². The van der Waals surface area contributed by atoms with E-state index in [-0.39, 0.29) is 5.91 Å². The summed E-state index contributed by atoms with van der Waals surface area (Å²) in [6.07, 6.45) is 0. The Morgan fingerprint density at radius 3 is 2.60 bits per heavy atom. The molecule has 0 fully saturated rings. The highest BCUT2D eigenvalue weighted by Crippen LogP contribution is 2.15. The van der Waals surface area contributed by atoms with Gasteiger partial charge in [0.05, 0.1) is 5.56 Å². The van der Waals surface area contributed by atoms with Gasteiger partial charge in [-0.15, -0.1) is 0 Å². The number of hydrogen-bond donors (Lipinski definition) is 2. The van der Waals surface area contributed by atoms with Crippen LogP contribution in [0.1, 0.15) is 31.1 Å². The van der Waals surface area contributed by atoms with Crippen molar-refractivity contribution in [3.63, 3.8) is 0 Å². The molecule has 1 rings (SSSR count). The van der Waals surface area contributed by atoms with Crippen molar-refractivity contribution < 1.29 is 4.79 Å². The smallest absolute Gasteiger partial charge is 0.253 e. The summed E-state index contributed by atoms with van der Waals surface area (Å²) < 4.78 is 0. The first-order valence-corrected chi connectivity index (χ1v) is 5.29. The minimum Gasteiger partial charge on any atom is -0.382 e. The second-order valence-corrected chi connectivity index (χ2v) is 3.70.